The Kier molecular flexibility index (Phi) is 9.40. The number of hydrogen-bond donors (Lipinski definition) is 0. The summed E-state index contributed by atoms with van der Waals surface area (Å²) in [5.41, 5.74) is 10.1. The van der Waals surface area contributed by atoms with Crippen LogP contribution in [0.2, 0.25) is 0 Å². The van der Waals surface area contributed by atoms with Crippen molar-refractivity contribution in [2.45, 2.75) is 64.7 Å². The first-order chi connectivity index (χ1) is 38.0. The molecule has 4 bridgehead atoms. The molecule has 4 aliphatic carbocycles. The number of aromatic nitrogens is 4. The van der Waals surface area contributed by atoms with Gasteiger partial charge in [0.05, 0.1) is 30.4 Å². The van der Waals surface area contributed by atoms with Gasteiger partial charge in [-0.3, -0.25) is 4.57 Å². The van der Waals surface area contributed by atoms with Crippen LogP contribution < -0.4 is 9.30 Å². The SMILES string of the molecule is [2H]c1c([2H])c([2H])c(-c2cccc(-c3c([2H])c([2H])c([2H])c([2H])c3[2H])c2-[n+]2[c-]n(-c3[c-]c(Oc4[c-]c5c(cc4)c4c6ccc(c4n5-c4cc(C(C)(C)C)ccn4)CCCc4ccc(cc4)CCC6)ccc3)c3ccccc32)c([2H])c1[2H].[Pt]. The quantitative estimate of drug-likeness (QED) is 0.118. The third-order valence-electron chi connectivity index (χ3n) is 13.2. The fraction of sp³-hybridized carbons (Fsp3) is 0.156. The second-order valence-electron chi connectivity index (χ2n) is 18.7. The van der Waals surface area contributed by atoms with Crippen LogP contribution in [0.4, 0.5) is 0 Å². The number of rotatable bonds is 7. The minimum atomic E-state index is -0.569. The molecule has 0 atom stereocenters. The van der Waals surface area contributed by atoms with Crippen LogP contribution >= 0.6 is 0 Å². The van der Waals surface area contributed by atoms with Gasteiger partial charge in [0, 0.05) is 44.3 Å². The molecule has 346 valence electrons. The maximum Gasteiger partial charge on any atom is 0.268 e. The van der Waals surface area contributed by atoms with Gasteiger partial charge in [-0.25, -0.2) is 4.98 Å². The van der Waals surface area contributed by atoms with Crippen molar-refractivity contribution in [2.24, 2.45) is 0 Å². The monoisotopic (exact) mass is 1100 g/mol. The minimum Gasteiger partial charge on any atom is -0.510 e. The van der Waals surface area contributed by atoms with Crippen molar-refractivity contribution < 1.29 is 44.1 Å². The normalized spacial score (nSPS) is 14.9. The van der Waals surface area contributed by atoms with E-state index in [1.54, 1.807) is 27.3 Å². The van der Waals surface area contributed by atoms with Crippen molar-refractivity contribution in [2.75, 3.05) is 0 Å². The molecule has 6 heteroatoms. The van der Waals surface area contributed by atoms with Crippen molar-refractivity contribution >= 4 is 32.8 Å². The van der Waals surface area contributed by atoms with Crippen LogP contribution in [-0.4, -0.2) is 14.1 Å². The van der Waals surface area contributed by atoms with Gasteiger partial charge in [0.2, 0.25) is 0 Å². The summed E-state index contributed by atoms with van der Waals surface area (Å²) in [6.07, 6.45) is 11.0. The van der Waals surface area contributed by atoms with Crippen LogP contribution in [0.25, 0.3) is 72.3 Å². The molecule has 0 aliphatic heterocycles. The predicted molar refractivity (Wildman–Crippen MR) is 280 cm³/mol. The Morgan fingerprint density at radius 2 is 1.29 bits per heavy atom. The van der Waals surface area contributed by atoms with Gasteiger partial charge in [-0.2, -0.15) is 18.2 Å². The Morgan fingerprint density at radius 3 is 1.99 bits per heavy atom. The molecule has 3 heterocycles. The zero-order chi connectivity index (χ0) is 55.2. The summed E-state index contributed by atoms with van der Waals surface area (Å²) < 4.78 is 100.0. The molecule has 15 rings (SSSR count). The number of fused-ring (bicyclic) bond motifs is 2. The van der Waals surface area contributed by atoms with E-state index in [4.69, 9.17) is 23.4 Å². The van der Waals surface area contributed by atoms with Crippen LogP contribution in [0.3, 0.4) is 0 Å². The van der Waals surface area contributed by atoms with E-state index in [-0.39, 0.29) is 54.4 Å². The van der Waals surface area contributed by atoms with Gasteiger partial charge in [-0.15, -0.1) is 29.7 Å². The van der Waals surface area contributed by atoms with E-state index in [0.29, 0.717) is 28.2 Å². The minimum absolute atomic E-state index is 0. The molecule has 3 aromatic heterocycles. The van der Waals surface area contributed by atoms with Gasteiger partial charge in [-0.05, 0) is 112 Å². The molecular weight excluding hydrogens is 1040 g/mol. The molecule has 5 nitrogen and oxygen atoms in total. The van der Waals surface area contributed by atoms with Crippen LogP contribution in [0.5, 0.6) is 11.5 Å². The van der Waals surface area contributed by atoms with Crippen molar-refractivity contribution in [3.8, 4) is 50.9 Å². The Hall–Kier alpha value is -7.33. The molecule has 0 saturated carbocycles. The van der Waals surface area contributed by atoms with Crippen LogP contribution in [0, 0.1) is 18.5 Å². The first kappa shape index (κ1) is 34.9. The molecule has 0 fully saturated rings. The molecule has 0 N–H and O–H groups in total. The van der Waals surface area contributed by atoms with E-state index in [2.05, 4.69) is 98.4 Å². The van der Waals surface area contributed by atoms with E-state index < -0.39 is 60.4 Å². The Labute approximate surface area is 439 Å². The first-order valence-electron chi connectivity index (χ1n) is 28.5. The number of benzene rings is 8. The van der Waals surface area contributed by atoms with E-state index in [1.807, 2.05) is 54.7 Å². The largest absolute Gasteiger partial charge is 0.510 e. The van der Waals surface area contributed by atoms with E-state index in [0.717, 1.165) is 66.3 Å². The van der Waals surface area contributed by atoms with E-state index in [9.17, 15) is 0 Å². The standard InChI is InChI=1S/C64H52N4O.Pt/c1-64(2,3)50-38-39-65-60(40-50)68-59-42-53(36-37-56(59)61-48-22-12-16-44-30-32-45(33-31-44)17-13-23-49(35-34-48)62(61)68)69-52-25-14-24-51(41-52)66-43-67(58-29-11-10-28-57(58)66)63-54(46-18-6-4-7-19-46)26-15-27-55(63)47-20-8-5-9-21-47;/h4-11,14-15,18-21,24-40H,12-13,16-17,22-23H2,1-3H3;/q-2;/i4D,5D,6D,7D,8D,9D,18D,19D,20D,21D;. The summed E-state index contributed by atoms with van der Waals surface area (Å²) in [5.74, 6) is 1.63. The number of ether oxygens (including phenoxy) is 1. The van der Waals surface area contributed by atoms with Gasteiger partial charge in [0.15, 0.2) is 0 Å². The van der Waals surface area contributed by atoms with Gasteiger partial charge in [0.25, 0.3) is 6.33 Å². The molecule has 8 aromatic carbocycles. The Bertz CT molecular complexity index is 4150. The molecule has 4 aliphatic rings. The number of pyridine rings is 1. The van der Waals surface area contributed by atoms with Gasteiger partial charge in [-0.1, -0.05) is 171 Å². The smallest absolute Gasteiger partial charge is 0.268 e. The van der Waals surface area contributed by atoms with Gasteiger partial charge >= 0.3 is 0 Å². The molecule has 0 radical (unpaired) electrons. The predicted octanol–water partition coefficient (Wildman–Crippen LogP) is 14.9. The molecule has 0 unspecified atom stereocenters. The molecule has 11 aromatic rings. The summed E-state index contributed by atoms with van der Waals surface area (Å²) in [4.78, 5) is 5.05. The molecule has 0 amide bonds. The molecule has 70 heavy (non-hydrogen) atoms. The maximum atomic E-state index is 9.07. The zero-order valence-electron chi connectivity index (χ0n) is 48.9. The number of aryl methyl sites for hydroxylation is 4. The summed E-state index contributed by atoms with van der Waals surface area (Å²) in [6, 6.07) is 41.6. The van der Waals surface area contributed by atoms with E-state index >= 15 is 0 Å². The summed E-state index contributed by atoms with van der Waals surface area (Å²) >= 11 is 0. The van der Waals surface area contributed by atoms with Gasteiger partial charge in [0.1, 0.15) is 5.82 Å². The maximum absolute atomic E-state index is 9.07. The molecule has 0 spiro atoms. The fourth-order valence-electron chi connectivity index (χ4n) is 9.84. The van der Waals surface area contributed by atoms with E-state index in [1.165, 1.54) is 27.6 Å². The number of para-hydroxylation sites is 3. The fourth-order valence-corrected chi connectivity index (χ4v) is 9.84. The van der Waals surface area contributed by atoms with Crippen molar-refractivity contribution in [1.29, 1.82) is 0 Å². The number of hydrogen-bond acceptors (Lipinski definition) is 2. The summed E-state index contributed by atoms with van der Waals surface area (Å²) in [7, 11) is 0. The Balaban J connectivity index is 0.00000675. The number of imidazole rings is 1. The molecule has 0 saturated heterocycles. The second-order valence-corrected chi connectivity index (χ2v) is 18.7. The molecular formula is C64H52N4OPt-2. The topological polar surface area (TPSA) is 35.9 Å². The van der Waals surface area contributed by atoms with Gasteiger partial charge < -0.3 is 13.9 Å². The van der Waals surface area contributed by atoms with Crippen LogP contribution in [0.15, 0.2) is 188 Å². The Morgan fingerprint density at radius 1 is 0.643 bits per heavy atom. The van der Waals surface area contributed by atoms with Crippen LogP contribution in [0.1, 0.15) is 75.1 Å². The zero-order valence-corrected chi connectivity index (χ0v) is 41.2. The average molecular weight is 1100 g/mol. The summed E-state index contributed by atoms with van der Waals surface area (Å²) in [6.45, 7) is 6.62. The van der Waals surface area contributed by atoms with Crippen molar-refractivity contribution in [1.82, 2.24) is 14.1 Å². The number of nitrogens with zero attached hydrogens (tertiary/aromatic N) is 4. The summed E-state index contributed by atoms with van der Waals surface area (Å²) in [5, 5.41) is 2.25. The third-order valence-corrected chi connectivity index (χ3v) is 13.2. The first-order valence-corrected chi connectivity index (χ1v) is 23.5. The third kappa shape index (κ3) is 8.47. The van der Waals surface area contributed by atoms with Crippen molar-refractivity contribution in [3.05, 3.63) is 234 Å². The van der Waals surface area contributed by atoms with Crippen LogP contribution in [-0.2, 0) is 52.2 Å². The second kappa shape index (κ2) is 18.9. The van der Waals surface area contributed by atoms with Crippen molar-refractivity contribution in [3.63, 3.8) is 0 Å². The average Bonchev–Trinajstić information content (AvgIpc) is 4.02.